The summed E-state index contributed by atoms with van der Waals surface area (Å²) in [6, 6.07) is 0. The summed E-state index contributed by atoms with van der Waals surface area (Å²) in [4.78, 5) is 20.6. The first kappa shape index (κ1) is 30.7. The zero-order valence-electron chi connectivity index (χ0n) is 15.0. The first-order valence-electron chi connectivity index (χ1n) is 8.21. The van der Waals surface area contributed by atoms with Crippen LogP contribution in [0, 0.1) is 11.8 Å². The highest BCUT2D eigenvalue weighted by Gasteiger charge is 2.13. The summed E-state index contributed by atoms with van der Waals surface area (Å²) in [6.45, 7) is 12.1. The average Bonchev–Trinajstić information content (AvgIpc) is 2.35. The van der Waals surface area contributed by atoms with Crippen molar-refractivity contribution in [2.24, 2.45) is 11.8 Å². The van der Waals surface area contributed by atoms with Gasteiger partial charge in [-0.3, -0.25) is 9.59 Å². The minimum absolute atomic E-state index is 0. The lowest BCUT2D eigenvalue weighted by Gasteiger charge is -2.16. The van der Waals surface area contributed by atoms with E-state index < -0.39 is 11.9 Å². The molecule has 0 aromatic carbocycles. The van der Waals surface area contributed by atoms with E-state index >= 15 is 0 Å². The molecule has 5 heteroatoms. The van der Waals surface area contributed by atoms with Gasteiger partial charge in [-0.05, 0) is 38.5 Å². The molecule has 0 amide bonds. The molecule has 0 rings (SSSR count). The summed E-state index contributed by atoms with van der Waals surface area (Å²) < 4.78 is 5.33. The zero-order chi connectivity index (χ0) is 17.7. The fourth-order valence-corrected chi connectivity index (χ4v) is 2.18. The standard InChI is InChI=1S/C9H18O2.C8H16O3.2CH4/c1-4-8(5-7(2)3)6-9(10)11;1-4-7(5-8(9)10)11-6(2)3;;/h7-8H,4-6H2,1-3H3,(H,10,11);6-7H,4-5H2,1-3H3,(H,9,10);2*1H4. The van der Waals surface area contributed by atoms with Crippen LogP contribution in [0.4, 0.5) is 0 Å². The van der Waals surface area contributed by atoms with Crippen molar-refractivity contribution in [1.82, 2.24) is 0 Å². The lowest BCUT2D eigenvalue weighted by Crippen LogP contribution is -2.20. The van der Waals surface area contributed by atoms with E-state index in [0.29, 0.717) is 18.3 Å². The number of hydrogen-bond donors (Lipinski definition) is 2. The van der Waals surface area contributed by atoms with Gasteiger partial charge in [0.25, 0.3) is 0 Å². The van der Waals surface area contributed by atoms with Gasteiger partial charge >= 0.3 is 11.9 Å². The molecule has 0 aliphatic heterocycles. The molecule has 0 heterocycles. The predicted molar refractivity (Wildman–Crippen MR) is 102 cm³/mol. The summed E-state index contributed by atoms with van der Waals surface area (Å²) in [6.07, 6.45) is 3.17. The van der Waals surface area contributed by atoms with Gasteiger partial charge in [0.05, 0.1) is 18.6 Å². The second kappa shape index (κ2) is 18.2. The van der Waals surface area contributed by atoms with Crippen LogP contribution in [0.25, 0.3) is 0 Å². The van der Waals surface area contributed by atoms with E-state index in [4.69, 9.17) is 14.9 Å². The van der Waals surface area contributed by atoms with Crippen LogP contribution in [0.3, 0.4) is 0 Å². The Kier molecular flexibility index (Phi) is 23.4. The molecule has 148 valence electrons. The molecule has 0 aromatic heterocycles. The molecule has 2 N–H and O–H groups in total. The molecule has 0 aromatic rings. The second-order valence-corrected chi connectivity index (χ2v) is 6.31. The number of carbonyl (C=O) groups is 2. The quantitative estimate of drug-likeness (QED) is 0.546. The number of aliphatic carboxylic acids is 2. The monoisotopic (exact) mass is 350 g/mol. The van der Waals surface area contributed by atoms with Gasteiger partial charge in [-0.25, -0.2) is 0 Å². The molecule has 0 bridgehead atoms. The third kappa shape index (κ3) is 23.2. The van der Waals surface area contributed by atoms with Crippen LogP contribution in [0.1, 0.15) is 88.5 Å². The van der Waals surface area contributed by atoms with E-state index in [1.54, 1.807) is 0 Å². The van der Waals surface area contributed by atoms with Gasteiger partial charge in [0.2, 0.25) is 0 Å². The number of ether oxygens (including phenoxy) is 1. The van der Waals surface area contributed by atoms with Gasteiger partial charge < -0.3 is 14.9 Å². The molecular weight excluding hydrogens is 308 g/mol. The Bertz CT molecular complexity index is 270. The maximum Gasteiger partial charge on any atom is 0.305 e. The Balaban J connectivity index is -0.000000154. The predicted octanol–water partition coefficient (Wildman–Crippen LogP) is 5.47. The fraction of sp³-hybridized carbons (Fsp3) is 0.895. The summed E-state index contributed by atoms with van der Waals surface area (Å²) in [5.41, 5.74) is 0. The molecule has 0 radical (unpaired) electrons. The van der Waals surface area contributed by atoms with Crippen LogP contribution in [0.5, 0.6) is 0 Å². The normalized spacial score (nSPS) is 12.3. The second-order valence-electron chi connectivity index (χ2n) is 6.31. The van der Waals surface area contributed by atoms with Crippen LogP contribution in [-0.2, 0) is 14.3 Å². The highest BCUT2D eigenvalue weighted by molar-refractivity contribution is 5.67. The van der Waals surface area contributed by atoms with Crippen LogP contribution in [-0.4, -0.2) is 34.4 Å². The molecular formula is C19H42O5. The van der Waals surface area contributed by atoms with E-state index in [2.05, 4.69) is 20.8 Å². The van der Waals surface area contributed by atoms with Gasteiger partial charge in [0, 0.05) is 6.42 Å². The molecule has 0 spiro atoms. The van der Waals surface area contributed by atoms with Crippen molar-refractivity contribution in [3.63, 3.8) is 0 Å². The zero-order valence-corrected chi connectivity index (χ0v) is 15.0. The van der Waals surface area contributed by atoms with Crippen LogP contribution < -0.4 is 0 Å². The summed E-state index contributed by atoms with van der Waals surface area (Å²) >= 11 is 0. The van der Waals surface area contributed by atoms with Gasteiger partial charge in [0.1, 0.15) is 0 Å². The molecule has 2 atom stereocenters. The van der Waals surface area contributed by atoms with Crippen molar-refractivity contribution in [2.75, 3.05) is 0 Å². The first-order chi connectivity index (χ1) is 10.1. The van der Waals surface area contributed by atoms with Crippen molar-refractivity contribution in [3.8, 4) is 0 Å². The van der Waals surface area contributed by atoms with Crippen molar-refractivity contribution in [1.29, 1.82) is 0 Å². The minimum Gasteiger partial charge on any atom is -0.481 e. The molecule has 5 nitrogen and oxygen atoms in total. The van der Waals surface area contributed by atoms with Gasteiger partial charge in [-0.1, -0.05) is 49.0 Å². The molecule has 2 unspecified atom stereocenters. The minimum atomic E-state index is -0.794. The van der Waals surface area contributed by atoms with E-state index in [1.807, 2.05) is 20.8 Å². The number of rotatable bonds is 10. The lowest BCUT2D eigenvalue weighted by atomic mass is 9.92. The lowest BCUT2D eigenvalue weighted by molar-refractivity contribution is -0.141. The van der Waals surface area contributed by atoms with E-state index in [1.165, 1.54) is 0 Å². The van der Waals surface area contributed by atoms with Gasteiger partial charge in [-0.2, -0.15) is 0 Å². The Labute approximate surface area is 149 Å². The Morgan fingerprint density at radius 1 is 0.875 bits per heavy atom. The van der Waals surface area contributed by atoms with Gasteiger partial charge in [0.15, 0.2) is 0 Å². The Morgan fingerprint density at radius 2 is 1.33 bits per heavy atom. The molecule has 0 saturated carbocycles. The Hall–Kier alpha value is -1.10. The number of carboxylic acids is 2. The number of carboxylic acid groups (broad SMARTS) is 2. The third-order valence-electron chi connectivity index (χ3n) is 3.17. The fourth-order valence-electron chi connectivity index (χ4n) is 2.18. The average molecular weight is 351 g/mol. The first-order valence-corrected chi connectivity index (χ1v) is 8.21. The van der Waals surface area contributed by atoms with Crippen molar-refractivity contribution in [2.45, 2.75) is 101 Å². The van der Waals surface area contributed by atoms with Crippen LogP contribution in [0.15, 0.2) is 0 Å². The molecule has 0 fully saturated rings. The maximum atomic E-state index is 10.4. The number of hydrogen-bond acceptors (Lipinski definition) is 3. The molecule has 0 aliphatic rings. The van der Waals surface area contributed by atoms with Crippen molar-refractivity contribution < 1.29 is 24.5 Å². The van der Waals surface area contributed by atoms with E-state index in [9.17, 15) is 9.59 Å². The summed E-state index contributed by atoms with van der Waals surface area (Å²) in [5.74, 6) is -0.484. The van der Waals surface area contributed by atoms with Crippen molar-refractivity contribution in [3.05, 3.63) is 0 Å². The van der Waals surface area contributed by atoms with E-state index in [-0.39, 0.29) is 33.5 Å². The smallest absolute Gasteiger partial charge is 0.305 e. The largest absolute Gasteiger partial charge is 0.481 e. The van der Waals surface area contributed by atoms with Crippen LogP contribution in [0.2, 0.25) is 0 Å². The molecule has 0 aliphatic carbocycles. The molecule has 24 heavy (non-hydrogen) atoms. The summed E-state index contributed by atoms with van der Waals surface area (Å²) in [7, 11) is 0. The van der Waals surface area contributed by atoms with Crippen LogP contribution >= 0.6 is 0 Å². The summed E-state index contributed by atoms with van der Waals surface area (Å²) in [5, 5.41) is 17.0. The van der Waals surface area contributed by atoms with E-state index in [0.717, 1.165) is 19.3 Å². The third-order valence-corrected chi connectivity index (χ3v) is 3.17. The topological polar surface area (TPSA) is 83.8 Å². The van der Waals surface area contributed by atoms with Gasteiger partial charge in [-0.15, -0.1) is 0 Å². The maximum absolute atomic E-state index is 10.4. The SMILES string of the molecule is C.C.CCC(CC(=O)O)CC(C)C.CCC(CC(=O)O)OC(C)C. The van der Waals surface area contributed by atoms with Crippen molar-refractivity contribution >= 4 is 11.9 Å². The molecule has 0 saturated heterocycles. The Morgan fingerprint density at radius 3 is 1.58 bits per heavy atom. The highest BCUT2D eigenvalue weighted by atomic mass is 16.5. The highest BCUT2D eigenvalue weighted by Crippen LogP contribution is 2.18.